The van der Waals surface area contributed by atoms with E-state index >= 15 is 0 Å². The summed E-state index contributed by atoms with van der Waals surface area (Å²) in [6.45, 7) is 4.26. The zero-order valence-electron chi connectivity index (χ0n) is 22.6. The van der Waals surface area contributed by atoms with Gasteiger partial charge in [0, 0.05) is 30.4 Å². The molecule has 0 aliphatic heterocycles. The summed E-state index contributed by atoms with van der Waals surface area (Å²) in [5, 5.41) is 5.02. The summed E-state index contributed by atoms with van der Waals surface area (Å²) < 4.78 is 0. The molecule has 2 nitrogen and oxygen atoms in total. The molecule has 2 aromatic heterocycles. The third kappa shape index (κ3) is 4.06. The Morgan fingerprint density at radius 3 is 1.57 bits per heavy atom. The smallest absolute Gasteiger partial charge is 0.0349 e. The van der Waals surface area contributed by atoms with Crippen molar-refractivity contribution >= 4 is 21.5 Å². The number of hydrogen-bond donors (Lipinski definition) is 0. The van der Waals surface area contributed by atoms with Gasteiger partial charge in [-0.1, -0.05) is 91.0 Å². The SMILES string of the molecule is Cc1cnccc1-c1ccc(-c2c3ccccc3c(-c3cccc(-c4cnccc4C)c3)c3ccccc23)cc1. The number of rotatable bonds is 4. The van der Waals surface area contributed by atoms with Crippen molar-refractivity contribution in [3.8, 4) is 44.5 Å². The van der Waals surface area contributed by atoms with E-state index in [1.807, 2.05) is 24.8 Å². The van der Waals surface area contributed by atoms with Gasteiger partial charge in [-0.25, -0.2) is 0 Å². The normalized spacial score (nSPS) is 11.2. The zero-order valence-corrected chi connectivity index (χ0v) is 22.6. The first kappa shape index (κ1) is 24.0. The van der Waals surface area contributed by atoms with Gasteiger partial charge >= 0.3 is 0 Å². The van der Waals surface area contributed by atoms with Crippen LogP contribution in [-0.2, 0) is 0 Å². The van der Waals surface area contributed by atoms with Crippen LogP contribution in [0.4, 0.5) is 0 Å². The Morgan fingerprint density at radius 2 is 0.950 bits per heavy atom. The summed E-state index contributed by atoms with van der Waals surface area (Å²) >= 11 is 0. The molecular formula is C38H28N2. The molecule has 0 aliphatic carbocycles. The van der Waals surface area contributed by atoms with Crippen LogP contribution in [0.25, 0.3) is 66.1 Å². The molecule has 0 aliphatic rings. The first-order valence-corrected chi connectivity index (χ1v) is 13.7. The maximum absolute atomic E-state index is 4.40. The standard InChI is InChI=1S/C38H28N2/c1-25-18-20-40-24-36(25)29-8-7-9-30(22-29)38-34-12-5-3-10-32(34)37(33-11-4-6-13-35(33)38)28-16-14-27(15-17-28)31-19-21-39-23-26(31)2/h3-24H,1-2H3. The van der Waals surface area contributed by atoms with Crippen LogP contribution in [0.2, 0.25) is 0 Å². The van der Waals surface area contributed by atoms with Gasteiger partial charge in [0.05, 0.1) is 0 Å². The zero-order chi connectivity index (χ0) is 27.1. The summed E-state index contributed by atoms with van der Waals surface area (Å²) in [6.07, 6.45) is 7.60. The summed E-state index contributed by atoms with van der Waals surface area (Å²) in [6, 6.07) is 39.7. The van der Waals surface area contributed by atoms with E-state index < -0.39 is 0 Å². The molecule has 2 heteroatoms. The fourth-order valence-corrected chi connectivity index (χ4v) is 5.97. The van der Waals surface area contributed by atoms with Crippen molar-refractivity contribution in [3.05, 3.63) is 145 Å². The number of fused-ring (bicyclic) bond motifs is 2. The number of pyridine rings is 2. The maximum atomic E-state index is 4.40. The molecule has 0 saturated carbocycles. The fourth-order valence-electron chi connectivity index (χ4n) is 5.97. The summed E-state index contributed by atoms with van der Waals surface area (Å²) in [4.78, 5) is 8.66. The van der Waals surface area contributed by atoms with Gasteiger partial charge in [-0.15, -0.1) is 0 Å². The van der Waals surface area contributed by atoms with Crippen LogP contribution in [0, 0.1) is 13.8 Å². The molecule has 0 radical (unpaired) electrons. The fraction of sp³-hybridized carbons (Fsp3) is 0.0526. The molecule has 190 valence electrons. The van der Waals surface area contributed by atoms with E-state index in [1.54, 1.807) is 0 Å². The molecule has 0 fully saturated rings. The highest BCUT2D eigenvalue weighted by atomic mass is 14.6. The lowest BCUT2D eigenvalue weighted by Crippen LogP contribution is -1.92. The molecule has 7 aromatic rings. The Hall–Kier alpha value is -5.08. The van der Waals surface area contributed by atoms with Gasteiger partial charge in [-0.2, -0.15) is 0 Å². The number of aromatic nitrogens is 2. The molecular weight excluding hydrogens is 484 g/mol. The molecule has 5 aromatic carbocycles. The van der Waals surface area contributed by atoms with Gasteiger partial charge in [0.2, 0.25) is 0 Å². The summed E-state index contributed by atoms with van der Waals surface area (Å²) in [5.74, 6) is 0. The average molecular weight is 513 g/mol. The molecule has 0 bridgehead atoms. The van der Waals surface area contributed by atoms with Gasteiger partial charge in [-0.3, -0.25) is 9.97 Å². The topological polar surface area (TPSA) is 25.8 Å². The number of aryl methyl sites for hydroxylation is 2. The first-order chi connectivity index (χ1) is 19.7. The van der Waals surface area contributed by atoms with Crippen LogP contribution in [0.5, 0.6) is 0 Å². The van der Waals surface area contributed by atoms with E-state index in [-0.39, 0.29) is 0 Å². The summed E-state index contributed by atoms with van der Waals surface area (Å²) in [5.41, 5.74) is 12.1. The highest BCUT2D eigenvalue weighted by molar-refractivity contribution is 6.21. The van der Waals surface area contributed by atoms with Crippen LogP contribution >= 0.6 is 0 Å². The number of benzene rings is 5. The highest BCUT2D eigenvalue weighted by Crippen LogP contribution is 2.44. The molecule has 0 unspecified atom stereocenters. The number of nitrogens with zero attached hydrogens (tertiary/aromatic N) is 2. The number of hydrogen-bond acceptors (Lipinski definition) is 2. The van der Waals surface area contributed by atoms with Crippen molar-refractivity contribution in [2.45, 2.75) is 13.8 Å². The molecule has 0 amide bonds. The van der Waals surface area contributed by atoms with Gasteiger partial charge in [0.15, 0.2) is 0 Å². The minimum absolute atomic E-state index is 1.17. The Labute approximate surface area is 234 Å². The van der Waals surface area contributed by atoms with E-state index in [0.717, 1.165) is 0 Å². The van der Waals surface area contributed by atoms with Crippen molar-refractivity contribution < 1.29 is 0 Å². The highest BCUT2D eigenvalue weighted by Gasteiger charge is 2.17. The molecule has 7 rings (SSSR count). The lowest BCUT2D eigenvalue weighted by atomic mass is 9.85. The molecule has 0 spiro atoms. The lowest BCUT2D eigenvalue weighted by molar-refractivity contribution is 1.27. The molecule has 0 N–H and O–H groups in total. The molecule has 2 heterocycles. The van der Waals surface area contributed by atoms with E-state index in [0.29, 0.717) is 0 Å². The predicted octanol–water partition coefficient (Wildman–Crippen LogP) is 10.1. The second-order valence-electron chi connectivity index (χ2n) is 10.4. The first-order valence-electron chi connectivity index (χ1n) is 13.7. The van der Waals surface area contributed by atoms with Crippen LogP contribution in [0.3, 0.4) is 0 Å². The van der Waals surface area contributed by atoms with E-state index in [1.165, 1.54) is 77.2 Å². The van der Waals surface area contributed by atoms with Crippen molar-refractivity contribution in [1.82, 2.24) is 9.97 Å². The Morgan fingerprint density at radius 1 is 0.400 bits per heavy atom. The van der Waals surface area contributed by atoms with Crippen LogP contribution in [0.1, 0.15) is 11.1 Å². The second kappa shape index (κ2) is 9.91. The van der Waals surface area contributed by atoms with Crippen LogP contribution < -0.4 is 0 Å². The monoisotopic (exact) mass is 512 g/mol. The van der Waals surface area contributed by atoms with Crippen molar-refractivity contribution in [3.63, 3.8) is 0 Å². The minimum atomic E-state index is 1.17. The summed E-state index contributed by atoms with van der Waals surface area (Å²) in [7, 11) is 0. The lowest BCUT2D eigenvalue weighted by Gasteiger charge is -2.18. The van der Waals surface area contributed by atoms with Gasteiger partial charge in [0.25, 0.3) is 0 Å². The van der Waals surface area contributed by atoms with E-state index in [9.17, 15) is 0 Å². The van der Waals surface area contributed by atoms with E-state index in [4.69, 9.17) is 0 Å². The van der Waals surface area contributed by atoms with E-state index in [2.05, 4.69) is 133 Å². The Kier molecular flexibility index (Phi) is 5.94. The van der Waals surface area contributed by atoms with Gasteiger partial charge < -0.3 is 0 Å². The Balaban J connectivity index is 1.46. The third-order valence-corrected chi connectivity index (χ3v) is 7.94. The van der Waals surface area contributed by atoms with Gasteiger partial charge in [0.1, 0.15) is 0 Å². The quantitative estimate of drug-likeness (QED) is 0.219. The predicted molar refractivity (Wildman–Crippen MR) is 168 cm³/mol. The molecule has 40 heavy (non-hydrogen) atoms. The third-order valence-electron chi connectivity index (χ3n) is 7.94. The minimum Gasteiger partial charge on any atom is -0.264 e. The van der Waals surface area contributed by atoms with Crippen LogP contribution in [0.15, 0.2) is 134 Å². The van der Waals surface area contributed by atoms with Crippen molar-refractivity contribution in [2.75, 3.05) is 0 Å². The maximum Gasteiger partial charge on any atom is 0.0349 e. The largest absolute Gasteiger partial charge is 0.264 e. The molecule has 0 atom stereocenters. The molecule has 0 saturated heterocycles. The van der Waals surface area contributed by atoms with Gasteiger partial charge in [-0.05, 0) is 104 Å². The van der Waals surface area contributed by atoms with Crippen molar-refractivity contribution in [2.24, 2.45) is 0 Å². The average Bonchev–Trinajstić information content (AvgIpc) is 3.00. The Bertz CT molecular complexity index is 1960. The van der Waals surface area contributed by atoms with Crippen molar-refractivity contribution in [1.29, 1.82) is 0 Å². The second-order valence-corrected chi connectivity index (χ2v) is 10.4. The van der Waals surface area contributed by atoms with Crippen LogP contribution in [-0.4, -0.2) is 9.97 Å².